The van der Waals surface area contributed by atoms with Crippen LogP contribution >= 0.6 is 11.3 Å². The van der Waals surface area contributed by atoms with E-state index >= 15 is 0 Å². The van der Waals surface area contributed by atoms with Gasteiger partial charge in [0.2, 0.25) is 11.9 Å². The van der Waals surface area contributed by atoms with Crippen molar-refractivity contribution < 1.29 is 18.0 Å². The summed E-state index contributed by atoms with van der Waals surface area (Å²) in [5, 5.41) is 9.89. The van der Waals surface area contributed by atoms with E-state index in [4.69, 9.17) is 0 Å². The van der Waals surface area contributed by atoms with E-state index in [1.54, 1.807) is 12.3 Å². The van der Waals surface area contributed by atoms with Crippen LogP contribution in [0.15, 0.2) is 36.7 Å². The molecule has 1 fully saturated rings. The van der Waals surface area contributed by atoms with Gasteiger partial charge in [-0.05, 0) is 55.5 Å². The van der Waals surface area contributed by atoms with Crippen molar-refractivity contribution in [1.29, 1.82) is 0 Å². The molecule has 0 saturated carbocycles. The Morgan fingerprint density at radius 2 is 2.06 bits per heavy atom. The van der Waals surface area contributed by atoms with Crippen LogP contribution < -0.4 is 16.0 Å². The molecular formula is C22H23F3N6OS. The van der Waals surface area contributed by atoms with E-state index in [2.05, 4.69) is 30.9 Å². The first-order valence-electron chi connectivity index (χ1n) is 10.5. The number of amides is 1. The SMILES string of the molecule is Cc1cc(Nc2nccc(C(F)(F)F)n2)cc(-c2cnc(CNC3CCCCNC3=O)s2)c1. The fourth-order valence-corrected chi connectivity index (χ4v) is 4.43. The molecule has 3 N–H and O–H groups in total. The normalized spacial score (nSPS) is 16.8. The molecule has 0 aliphatic carbocycles. The molecule has 1 saturated heterocycles. The number of thiazole rings is 1. The molecule has 4 rings (SSSR count). The number of nitrogens with one attached hydrogen (secondary N) is 3. The van der Waals surface area contributed by atoms with Crippen molar-refractivity contribution in [1.82, 2.24) is 25.6 Å². The first-order valence-corrected chi connectivity index (χ1v) is 11.3. The van der Waals surface area contributed by atoms with Gasteiger partial charge in [0.15, 0.2) is 0 Å². The smallest absolute Gasteiger partial charge is 0.355 e. The highest BCUT2D eigenvalue weighted by atomic mass is 32.1. The molecule has 0 bridgehead atoms. The Morgan fingerprint density at radius 1 is 1.21 bits per heavy atom. The zero-order valence-corrected chi connectivity index (χ0v) is 18.7. The second-order valence-electron chi connectivity index (χ2n) is 7.81. The number of alkyl halides is 3. The lowest BCUT2D eigenvalue weighted by Gasteiger charge is -2.13. The van der Waals surface area contributed by atoms with Crippen LogP contribution in [0, 0.1) is 6.92 Å². The van der Waals surface area contributed by atoms with Crippen molar-refractivity contribution in [2.24, 2.45) is 0 Å². The molecule has 2 aromatic heterocycles. The van der Waals surface area contributed by atoms with Crippen LogP contribution in [0.4, 0.5) is 24.8 Å². The van der Waals surface area contributed by atoms with Crippen LogP contribution in [0.5, 0.6) is 0 Å². The summed E-state index contributed by atoms with van der Waals surface area (Å²) in [5.41, 5.74) is 1.37. The maximum Gasteiger partial charge on any atom is 0.433 e. The molecule has 3 aromatic rings. The number of hydrogen-bond acceptors (Lipinski definition) is 7. The van der Waals surface area contributed by atoms with Gasteiger partial charge < -0.3 is 10.6 Å². The van der Waals surface area contributed by atoms with Gasteiger partial charge in [0.25, 0.3) is 0 Å². The maximum absolute atomic E-state index is 12.9. The Kier molecular flexibility index (Phi) is 6.89. The minimum absolute atomic E-state index is 0.0236. The number of nitrogens with zero attached hydrogens (tertiary/aromatic N) is 3. The van der Waals surface area contributed by atoms with Crippen molar-refractivity contribution in [3.8, 4) is 10.4 Å². The number of hydrogen-bond donors (Lipinski definition) is 3. The Balaban J connectivity index is 1.47. The average Bonchev–Trinajstić information content (AvgIpc) is 3.14. The van der Waals surface area contributed by atoms with Crippen LogP contribution in [-0.2, 0) is 17.5 Å². The number of carbonyl (C=O) groups is 1. The summed E-state index contributed by atoms with van der Waals surface area (Å²) in [4.78, 5) is 24.9. The molecule has 3 heterocycles. The van der Waals surface area contributed by atoms with E-state index < -0.39 is 11.9 Å². The molecule has 1 amide bonds. The molecule has 0 spiro atoms. The lowest BCUT2D eigenvalue weighted by atomic mass is 10.1. The zero-order chi connectivity index (χ0) is 23.4. The van der Waals surface area contributed by atoms with Gasteiger partial charge in [-0.2, -0.15) is 13.2 Å². The summed E-state index contributed by atoms with van der Waals surface area (Å²) < 4.78 is 38.8. The summed E-state index contributed by atoms with van der Waals surface area (Å²) in [6.45, 7) is 3.10. The quantitative estimate of drug-likeness (QED) is 0.488. The van der Waals surface area contributed by atoms with Gasteiger partial charge in [-0.3, -0.25) is 10.1 Å². The van der Waals surface area contributed by atoms with Crippen LogP contribution in [0.3, 0.4) is 0 Å². The van der Waals surface area contributed by atoms with Gasteiger partial charge in [-0.1, -0.05) is 6.07 Å². The van der Waals surface area contributed by atoms with Crippen LogP contribution in [0.25, 0.3) is 10.4 Å². The molecule has 174 valence electrons. The maximum atomic E-state index is 12.9. The number of rotatable bonds is 6. The molecule has 1 aliphatic rings. The second kappa shape index (κ2) is 9.84. The highest BCUT2D eigenvalue weighted by Gasteiger charge is 2.32. The van der Waals surface area contributed by atoms with Gasteiger partial charge in [-0.15, -0.1) is 11.3 Å². The van der Waals surface area contributed by atoms with Crippen LogP contribution in [-0.4, -0.2) is 33.4 Å². The summed E-state index contributed by atoms with van der Waals surface area (Å²) in [6, 6.07) is 6.21. The molecule has 1 unspecified atom stereocenters. The van der Waals surface area contributed by atoms with E-state index in [1.807, 2.05) is 19.1 Å². The summed E-state index contributed by atoms with van der Waals surface area (Å²) >= 11 is 1.50. The standard InChI is InChI=1S/C22H23F3N6OS/c1-13-8-14(10-15(9-13)30-21-27-7-5-18(31-21)22(23,24)25)17-11-29-19(33-17)12-28-16-4-2-3-6-26-20(16)32/h5,7-11,16,28H,2-4,6,12H2,1H3,(H,26,32)(H,27,30,31). The summed E-state index contributed by atoms with van der Waals surface area (Å²) in [5.74, 6) is -0.104. The molecule has 0 radical (unpaired) electrons. The highest BCUT2D eigenvalue weighted by Crippen LogP contribution is 2.31. The number of anilines is 2. The van der Waals surface area contributed by atoms with E-state index in [0.717, 1.165) is 52.5 Å². The molecule has 7 nitrogen and oxygen atoms in total. The van der Waals surface area contributed by atoms with E-state index in [-0.39, 0.29) is 17.9 Å². The molecule has 11 heteroatoms. The van der Waals surface area contributed by atoms with Crippen molar-refractivity contribution in [2.75, 3.05) is 11.9 Å². The number of carbonyl (C=O) groups excluding carboxylic acids is 1. The van der Waals surface area contributed by atoms with Gasteiger partial charge in [0.05, 0.1) is 10.9 Å². The predicted octanol–water partition coefficient (Wildman–Crippen LogP) is 4.43. The Morgan fingerprint density at radius 3 is 2.88 bits per heavy atom. The Bertz CT molecular complexity index is 1130. The van der Waals surface area contributed by atoms with Crippen molar-refractivity contribution in [3.05, 3.63) is 52.9 Å². The molecule has 1 aromatic carbocycles. The van der Waals surface area contributed by atoms with E-state index in [0.29, 0.717) is 18.8 Å². The van der Waals surface area contributed by atoms with Crippen molar-refractivity contribution in [3.63, 3.8) is 0 Å². The predicted molar refractivity (Wildman–Crippen MR) is 120 cm³/mol. The number of benzene rings is 1. The zero-order valence-electron chi connectivity index (χ0n) is 17.9. The highest BCUT2D eigenvalue weighted by molar-refractivity contribution is 7.15. The lowest BCUT2D eigenvalue weighted by Crippen LogP contribution is -2.42. The number of halogens is 3. The van der Waals surface area contributed by atoms with Gasteiger partial charge >= 0.3 is 6.18 Å². The molecular weight excluding hydrogens is 453 g/mol. The van der Waals surface area contributed by atoms with E-state index in [9.17, 15) is 18.0 Å². The molecule has 1 atom stereocenters. The third-order valence-corrected chi connectivity index (χ3v) is 6.20. The third kappa shape index (κ3) is 6.05. The van der Waals surface area contributed by atoms with Gasteiger partial charge in [-0.25, -0.2) is 15.0 Å². The molecule has 33 heavy (non-hydrogen) atoms. The lowest BCUT2D eigenvalue weighted by molar-refractivity contribution is -0.141. The number of aromatic nitrogens is 3. The fraction of sp³-hybridized carbons (Fsp3) is 0.364. The monoisotopic (exact) mass is 476 g/mol. The topological polar surface area (TPSA) is 91.8 Å². The average molecular weight is 477 g/mol. The Hall–Kier alpha value is -3.05. The first-order chi connectivity index (χ1) is 15.8. The largest absolute Gasteiger partial charge is 0.433 e. The summed E-state index contributed by atoms with van der Waals surface area (Å²) in [6.07, 6.45) is 1.07. The number of aryl methyl sites for hydroxylation is 1. The molecule has 1 aliphatic heterocycles. The van der Waals surface area contributed by atoms with Gasteiger partial charge in [0, 0.05) is 31.2 Å². The minimum atomic E-state index is -4.54. The fourth-order valence-electron chi connectivity index (χ4n) is 3.57. The van der Waals surface area contributed by atoms with Crippen molar-refractivity contribution >= 4 is 28.9 Å². The first kappa shape index (κ1) is 23.1. The third-order valence-electron chi connectivity index (χ3n) is 5.15. The Labute approximate surface area is 192 Å². The van der Waals surface area contributed by atoms with Crippen LogP contribution in [0.1, 0.15) is 35.5 Å². The second-order valence-corrected chi connectivity index (χ2v) is 8.93. The van der Waals surface area contributed by atoms with Crippen molar-refractivity contribution in [2.45, 2.75) is 44.9 Å². The van der Waals surface area contributed by atoms with Crippen LogP contribution in [0.2, 0.25) is 0 Å². The summed E-state index contributed by atoms with van der Waals surface area (Å²) in [7, 11) is 0. The van der Waals surface area contributed by atoms with Gasteiger partial charge in [0.1, 0.15) is 10.7 Å². The minimum Gasteiger partial charge on any atom is -0.355 e. The van der Waals surface area contributed by atoms with E-state index in [1.165, 1.54) is 11.3 Å².